The van der Waals surface area contributed by atoms with Crippen molar-refractivity contribution in [1.29, 1.82) is 0 Å². The van der Waals surface area contributed by atoms with Crippen molar-refractivity contribution in [3.8, 4) is 0 Å². The van der Waals surface area contributed by atoms with Gasteiger partial charge >= 0.3 is 5.76 Å². The Morgan fingerprint density at radius 1 is 1.31 bits per heavy atom. The van der Waals surface area contributed by atoms with Crippen LogP contribution < -0.4 is 5.32 Å². The van der Waals surface area contributed by atoms with Crippen molar-refractivity contribution in [2.75, 3.05) is 19.6 Å². The number of alkyl halides is 2. The van der Waals surface area contributed by atoms with Gasteiger partial charge in [0.25, 0.3) is 5.91 Å². The summed E-state index contributed by atoms with van der Waals surface area (Å²) in [5, 5.41) is 3.22. The number of aromatic nitrogens is 2. The van der Waals surface area contributed by atoms with E-state index in [1.807, 2.05) is 11.6 Å². The van der Waals surface area contributed by atoms with Crippen molar-refractivity contribution < 1.29 is 22.0 Å². The summed E-state index contributed by atoms with van der Waals surface area (Å²) in [7, 11) is -2.84. The van der Waals surface area contributed by atoms with Crippen LogP contribution in [-0.2, 0) is 16.9 Å². The number of piperazine rings is 1. The Bertz CT molecular complexity index is 896. The van der Waals surface area contributed by atoms with E-state index in [1.54, 1.807) is 17.3 Å². The molecule has 1 aliphatic heterocycles. The third kappa shape index (κ3) is 3.34. The summed E-state index contributed by atoms with van der Waals surface area (Å²) in [6, 6.07) is 4.31. The smallest absolute Gasteiger partial charge is 0.336 e. The highest BCUT2D eigenvalue weighted by atomic mass is 32.2. The Morgan fingerprint density at radius 2 is 2.00 bits per heavy atom. The number of amides is 1. The predicted molar refractivity (Wildman–Crippen MR) is 89.5 cm³/mol. The Labute approximate surface area is 149 Å². The molecule has 0 aliphatic carbocycles. The fraction of sp³-hybridized carbons (Fsp3) is 0.375. The van der Waals surface area contributed by atoms with Gasteiger partial charge in [0.05, 0.1) is 4.90 Å². The predicted octanol–water partition coefficient (Wildman–Crippen LogP) is 1.20. The van der Waals surface area contributed by atoms with E-state index in [9.17, 15) is 22.0 Å². The van der Waals surface area contributed by atoms with Gasteiger partial charge in [0, 0.05) is 44.6 Å². The molecule has 0 radical (unpaired) electrons. The molecule has 3 rings (SSSR count). The molecule has 1 aromatic carbocycles. The van der Waals surface area contributed by atoms with Crippen LogP contribution in [0, 0.1) is 0 Å². The molecule has 10 heteroatoms. The average molecular weight is 384 g/mol. The van der Waals surface area contributed by atoms with Crippen LogP contribution in [0.15, 0.2) is 41.6 Å². The zero-order chi connectivity index (χ0) is 18.9. The molecule has 1 aromatic heterocycles. The molecule has 2 heterocycles. The first-order valence-corrected chi connectivity index (χ1v) is 9.48. The van der Waals surface area contributed by atoms with Gasteiger partial charge in [-0.25, -0.2) is 13.4 Å². The Hall–Kier alpha value is -2.33. The summed E-state index contributed by atoms with van der Waals surface area (Å²) in [4.78, 5) is 18.3. The van der Waals surface area contributed by atoms with E-state index >= 15 is 0 Å². The standard InChI is InChI=1S/C16H18F2N4O3S/c1-21-8-7-20-14(21)13-10-19-6-9-22(13)15(23)11-2-4-12(5-3-11)26(24,25)16(17)18/h2-5,7-8,13,16,19H,6,9-10H2,1H3. The Kier molecular flexibility index (Phi) is 5.05. The van der Waals surface area contributed by atoms with E-state index in [4.69, 9.17) is 0 Å². The second-order valence-corrected chi connectivity index (χ2v) is 7.86. The summed E-state index contributed by atoms with van der Waals surface area (Å²) in [6.45, 7) is 1.60. The number of halogens is 2. The van der Waals surface area contributed by atoms with Crippen LogP contribution >= 0.6 is 0 Å². The summed E-state index contributed by atoms with van der Waals surface area (Å²) >= 11 is 0. The number of nitrogens with zero attached hydrogens (tertiary/aromatic N) is 3. The summed E-state index contributed by atoms with van der Waals surface area (Å²) in [5.41, 5.74) is 0.235. The number of hydrogen-bond acceptors (Lipinski definition) is 5. The number of nitrogens with one attached hydrogen (secondary N) is 1. The minimum Gasteiger partial charge on any atom is -0.336 e. The van der Waals surface area contributed by atoms with Crippen molar-refractivity contribution in [2.45, 2.75) is 16.7 Å². The van der Waals surface area contributed by atoms with Crippen molar-refractivity contribution in [2.24, 2.45) is 7.05 Å². The van der Waals surface area contributed by atoms with Gasteiger partial charge in [-0.1, -0.05) is 0 Å². The second kappa shape index (κ2) is 7.12. The summed E-state index contributed by atoms with van der Waals surface area (Å²) in [6.07, 6.45) is 3.44. The number of rotatable bonds is 4. The van der Waals surface area contributed by atoms with Gasteiger partial charge in [0.15, 0.2) is 0 Å². The van der Waals surface area contributed by atoms with Crippen LogP contribution in [-0.4, -0.2) is 54.2 Å². The highest BCUT2D eigenvalue weighted by Gasteiger charge is 2.32. The lowest BCUT2D eigenvalue weighted by molar-refractivity contribution is 0.0621. The fourth-order valence-electron chi connectivity index (χ4n) is 2.93. The van der Waals surface area contributed by atoms with Crippen LogP contribution in [0.5, 0.6) is 0 Å². The Balaban J connectivity index is 1.87. The maximum Gasteiger partial charge on any atom is 0.341 e. The molecule has 2 aromatic rings. The molecule has 1 N–H and O–H groups in total. The first-order valence-electron chi connectivity index (χ1n) is 7.93. The van der Waals surface area contributed by atoms with Gasteiger partial charge in [-0.3, -0.25) is 4.79 Å². The quantitative estimate of drug-likeness (QED) is 0.857. The summed E-state index contributed by atoms with van der Waals surface area (Å²) in [5.74, 6) is -3.08. The third-order valence-corrected chi connectivity index (χ3v) is 5.72. The highest BCUT2D eigenvalue weighted by Crippen LogP contribution is 2.24. The number of sulfone groups is 1. The molecular weight excluding hydrogens is 366 g/mol. The average Bonchev–Trinajstić information content (AvgIpc) is 3.07. The van der Waals surface area contributed by atoms with Crippen molar-refractivity contribution in [1.82, 2.24) is 19.8 Å². The molecule has 1 amide bonds. The number of imidazole rings is 1. The number of carbonyl (C=O) groups excluding carboxylic acids is 1. The lowest BCUT2D eigenvalue weighted by Gasteiger charge is -2.35. The topological polar surface area (TPSA) is 84.3 Å². The number of hydrogen-bond donors (Lipinski definition) is 1. The van der Waals surface area contributed by atoms with E-state index < -0.39 is 20.5 Å². The van der Waals surface area contributed by atoms with E-state index in [0.29, 0.717) is 19.6 Å². The monoisotopic (exact) mass is 384 g/mol. The lowest BCUT2D eigenvalue weighted by Crippen LogP contribution is -2.49. The first kappa shape index (κ1) is 18.5. The van der Waals surface area contributed by atoms with E-state index in [0.717, 1.165) is 18.0 Å². The number of aryl methyl sites for hydroxylation is 1. The van der Waals surface area contributed by atoms with E-state index in [-0.39, 0.29) is 17.5 Å². The van der Waals surface area contributed by atoms with Gasteiger partial charge in [-0.15, -0.1) is 0 Å². The zero-order valence-corrected chi connectivity index (χ0v) is 14.8. The van der Waals surface area contributed by atoms with Crippen LogP contribution in [0.4, 0.5) is 8.78 Å². The molecule has 0 spiro atoms. The third-order valence-electron chi connectivity index (χ3n) is 4.33. The molecule has 1 saturated heterocycles. The molecule has 1 unspecified atom stereocenters. The van der Waals surface area contributed by atoms with E-state index in [2.05, 4.69) is 10.3 Å². The molecule has 26 heavy (non-hydrogen) atoms. The number of carbonyl (C=O) groups is 1. The molecular formula is C16H18F2N4O3S. The minimum absolute atomic E-state index is 0.235. The fourth-order valence-corrected chi connectivity index (χ4v) is 3.65. The first-order chi connectivity index (χ1) is 12.3. The van der Waals surface area contributed by atoms with Gasteiger partial charge in [-0.2, -0.15) is 8.78 Å². The molecule has 140 valence electrons. The van der Waals surface area contributed by atoms with Crippen LogP contribution in [0.1, 0.15) is 22.2 Å². The molecule has 1 fully saturated rings. The lowest BCUT2D eigenvalue weighted by atomic mass is 10.1. The van der Waals surface area contributed by atoms with Crippen LogP contribution in [0.3, 0.4) is 0 Å². The maximum atomic E-state index is 12.9. The van der Waals surface area contributed by atoms with Gasteiger partial charge in [0.1, 0.15) is 11.9 Å². The zero-order valence-electron chi connectivity index (χ0n) is 14.0. The van der Waals surface area contributed by atoms with Crippen LogP contribution in [0.25, 0.3) is 0 Å². The Morgan fingerprint density at radius 3 is 2.58 bits per heavy atom. The van der Waals surface area contributed by atoms with E-state index in [1.165, 1.54) is 12.1 Å². The van der Waals surface area contributed by atoms with Crippen molar-refractivity contribution in [3.05, 3.63) is 48.0 Å². The molecule has 1 atom stereocenters. The van der Waals surface area contributed by atoms with Gasteiger partial charge in [-0.05, 0) is 24.3 Å². The van der Waals surface area contributed by atoms with Gasteiger partial charge in [0.2, 0.25) is 9.84 Å². The number of benzene rings is 1. The van der Waals surface area contributed by atoms with Crippen LogP contribution in [0.2, 0.25) is 0 Å². The maximum absolute atomic E-state index is 12.9. The van der Waals surface area contributed by atoms with Crippen molar-refractivity contribution in [3.63, 3.8) is 0 Å². The molecule has 0 bridgehead atoms. The SMILES string of the molecule is Cn1ccnc1C1CNCCN1C(=O)c1ccc(S(=O)(=O)C(F)F)cc1. The normalized spacial score (nSPS) is 18.3. The largest absolute Gasteiger partial charge is 0.341 e. The minimum atomic E-state index is -4.68. The second-order valence-electron chi connectivity index (χ2n) is 5.94. The molecule has 0 saturated carbocycles. The van der Waals surface area contributed by atoms with Crippen molar-refractivity contribution >= 4 is 15.7 Å². The molecule has 1 aliphatic rings. The molecule has 7 nitrogen and oxygen atoms in total. The summed E-state index contributed by atoms with van der Waals surface area (Å²) < 4.78 is 50.0. The highest BCUT2D eigenvalue weighted by molar-refractivity contribution is 7.91. The van der Waals surface area contributed by atoms with Gasteiger partial charge < -0.3 is 14.8 Å².